The number of methoxy groups -OCH3 is 1. The van der Waals surface area contributed by atoms with Crippen molar-refractivity contribution in [1.82, 2.24) is 14.8 Å². The number of aromatic nitrogens is 3. The number of nitrogens with zero attached hydrogens (tertiary/aromatic N) is 2. The maximum absolute atomic E-state index is 11.1. The van der Waals surface area contributed by atoms with Crippen molar-refractivity contribution in [2.75, 3.05) is 7.11 Å². The summed E-state index contributed by atoms with van der Waals surface area (Å²) in [6.45, 7) is 1.92. The van der Waals surface area contributed by atoms with Crippen LogP contribution in [0.1, 0.15) is 23.0 Å². The number of hydrogen-bond acceptors (Lipinski definition) is 3. The van der Waals surface area contributed by atoms with Gasteiger partial charge in [-0.25, -0.2) is 4.79 Å². The molecule has 18 heavy (non-hydrogen) atoms. The fraction of sp³-hybridized carbons (Fsp3) is 0.333. The molecule has 0 fully saturated rings. The zero-order chi connectivity index (χ0) is 13.3. The molecule has 0 spiro atoms. The summed E-state index contributed by atoms with van der Waals surface area (Å²) in [6.07, 6.45) is 2.44. The van der Waals surface area contributed by atoms with Crippen molar-refractivity contribution in [3.8, 4) is 17.1 Å². The highest BCUT2D eigenvalue weighted by Gasteiger charge is 2.18. The molecule has 0 saturated heterocycles. The molecule has 6 nitrogen and oxygen atoms in total. The summed E-state index contributed by atoms with van der Waals surface area (Å²) >= 11 is 0. The van der Waals surface area contributed by atoms with Gasteiger partial charge in [-0.3, -0.25) is 4.68 Å². The van der Waals surface area contributed by atoms with E-state index in [9.17, 15) is 4.79 Å². The van der Waals surface area contributed by atoms with E-state index in [-0.39, 0.29) is 5.69 Å². The highest BCUT2D eigenvalue weighted by atomic mass is 16.5. The second-order valence-corrected chi connectivity index (χ2v) is 3.97. The molecule has 2 N–H and O–H groups in total. The molecular formula is C12H15N3O3. The first kappa shape index (κ1) is 12.2. The second kappa shape index (κ2) is 4.56. The minimum atomic E-state index is -0.957. The van der Waals surface area contributed by atoms with Crippen molar-refractivity contribution in [1.29, 1.82) is 0 Å². The lowest BCUT2D eigenvalue weighted by Gasteiger charge is -1.97. The monoisotopic (exact) mass is 249 g/mol. The molecule has 0 aliphatic carbocycles. The van der Waals surface area contributed by atoms with E-state index in [1.807, 2.05) is 13.0 Å². The summed E-state index contributed by atoms with van der Waals surface area (Å²) < 4.78 is 6.79. The number of aromatic carboxylic acids is 1. The summed E-state index contributed by atoms with van der Waals surface area (Å²) in [6, 6.07) is 1.82. The quantitative estimate of drug-likeness (QED) is 0.864. The standard InChI is InChI=1S/C12H15N3O3/c1-4-7-5-9(13-10(7)12(16)17)8-6-15(2)14-11(8)18-3/h5-6,13H,4H2,1-3H3,(H,16,17). The molecule has 0 amide bonds. The van der Waals surface area contributed by atoms with Gasteiger partial charge >= 0.3 is 5.97 Å². The maximum atomic E-state index is 11.1. The Labute approximate surface area is 104 Å². The molecular weight excluding hydrogens is 234 g/mol. The number of aryl methyl sites for hydroxylation is 2. The van der Waals surface area contributed by atoms with Crippen molar-refractivity contribution in [3.05, 3.63) is 23.5 Å². The average molecular weight is 249 g/mol. The summed E-state index contributed by atoms with van der Waals surface area (Å²) in [5, 5.41) is 13.2. The third kappa shape index (κ3) is 1.97. The normalized spacial score (nSPS) is 10.6. The van der Waals surface area contributed by atoms with Crippen LogP contribution >= 0.6 is 0 Å². The lowest BCUT2D eigenvalue weighted by Crippen LogP contribution is -2.00. The van der Waals surface area contributed by atoms with Gasteiger partial charge in [0.1, 0.15) is 5.69 Å². The van der Waals surface area contributed by atoms with Crippen LogP contribution in [-0.4, -0.2) is 33.0 Å². The first-order chi connectivity index (χ1) is 8.56. The van der Waals surface area contributed by atoms with Crippen LogP contribution in [0.3, 0.4) is 0 Å². The highest BCUT2D eigenvalue weighted by molar-refractivity contribution is 5.89. The summed E-state index contributed by atoms with van der Waals surface area (Å²) in [4.78, 5) is 14.0. The molecule has 0 atom stereocenters. The van der Waals surface area contributed by atoms with Crippen molar-refractivity contribution in [3.63, 3.8) is 0 Å². The zero-order valence-corrected chi connectivity index (χ0v) is 10.5. The van der Waals surface area contributed by atoms with Crippen LogP contribution in [0.5, 0.6) is 5.88 Å². The topological polar surface area (TPSA) is 80.1 Å². The van der Waals surface area contributed by atoms with Crippen LogP contribution < -0.4 is 4.74 Å². The van der Waals surface area contributed by atoms with Gasteiger partial charge in [0.25, 0.3) is 0 Å². The Morgan fingerprint density at radius 3 is 2.83 bits per heavy atom. The fourth-order valence-corrected chi connectivity index (χ4v) is 1.92. The molecule has 0 aliphatic heterocycles. The molecule has 2 aromatic rings. The van der Waals surface area contributed by atoms with Crippen LogP contribution in [-0.2, 0) is 13.5 Å². The summed E-state index contributed by atoms with van der Waals surface area (Å²) in [7, 11) is 3.32. The van der Waals surface area contributed by atoms with Gasteiger partial charge < -0.3 is 14.8 Å². The number of carboxylic acids is 1. The van der Waals surface area contributed by atoms with Crippen LogP contribution in [0.2, 0.25) is 0 Å². The van der Waals surface area contributed by atoms with E-state index in [4.69, 9.17) is 9.84 Å². The minimum Gasteiger partial charge on any atom is -0.479 e. The number of carbonyl (C=O) groups is 1. The average Bonchev–Trinajstić information content (AvgIpc) is 2.91. The molecule has 96 valence electrons. The molecule has 2 aromatic heterocycles. The van der Waals surface area contributed by atoms with Crippen LogP contribution in [0.25, 0.3) is 11.3 Å². The van der Waals surface area contributed by atoms with Gasteiger partial charge in [0.15, 0.2) is 0 Å². The smallest absolute Gasteiger partial charge is 0.352 e. The summed E-state index contributed by atoms with van der Waals surface area (Å²) in [5.74, 6) is -0.487. The van der Waals surface area contributed by atoms with Gasteiger partial charge in [-0.1, -0.05) is 6.92 Å². The Kier molecular flexibility index (Phi) is 3.10. The fourth-order valence-electron chi connectivity index (χ4n) is 1.92. The number of aromatic amines is 1. The van der Waals surface area contributed by atoms with Crippen LogP contribution in [0.4, 0.5) is 0 Å². The molecule has 6 heteroatoms. The Balaban J connectivity index is 2.54. The van der Waals surface area contributed by atoms with E-state index < -0.39 is 5.97 Å². The number of nitrogens with one attached hydrogen (secondary N) is 1. The van der Waals surface area contributed by atoms with Gasteiger partial charge in [-0.15, -0.1) is 5.10 Å². The minimum absolute atomic E-state index is 0.221. The largest absolute Gasteiger partial charge is 0.479 e. The molecule has 0 aliphatic rings. The van der Waals surface area contributed by atoms with Crippen LogP contribution in [0, 0.1) is 0 Å². The Bertz CT molecular complexity index is 583. The van der Waals surface area contributed by atoms with Gasteiger partial charge in [0, 0.05) is 13.2 Å². The van der Waals surface area contributed by atoms with E-state index in [1.54, 1.807) is 17.9 Å². The van der Waals surface area contributed by atoms with Gasteiger partial charge in [-0.05, 0) is 18.1 Å². The third-order valence-corrected chi connectivity index (χ3v) is 2.77. The third-order valence-electron chi connectivity index (χ3n) is 2.77. The highest BCUT2D eigenvalue weighted by Crippen LogP contribution is 2.29. The van der Waals surface area contributed by atoms with E-state index in [1.165, 1.54) is 7.11 Å². The number of hydrogen-bond donors (Lipinski definition) is 2. The molecule has 0 bridgehead atoms. The van der Waals surface area contributed by atoms with Crippen molar-refractivity contribution in [2.45, 2.75) is 13.3 Å². The lowest BCUT2D eigenvalue weighted by molar-refractivity contribution is 0.0690. The first-order valence-electron chi connectivity index (χ1n) is 5.60. The van der Waals surface area contributed by atoms with E-state index in [0.29, 0.717) is 18.0 Å². The van der Waals surface area contributed by atoms with E-state index >= 15 is 0 Å². The second-order valence-electron chi connectivity index (χ2n) is 3.97. The lowest BCUT2D eigenvalue weighted by atomic mass is 10.1. The van der Waals surface area contributed by atoms with Crippen molar-refractivity contribution >= 4 is 5.97 Å². The van der Waals surface area contributed by atoms with Crippen LogP contribution in [0.15, 0.2) is 12.3 Å². The predicted octanol–water partition coefficient (Wildman–Crippen LogP) is 1.68. The van der Waals surface area contributed by atoms with Gasteiger partial charge in [0.2, 0.25) is 5.88 Å². The molecule has 2 heterocycles. The Hall–Kier alpha value is -2.24. The molecule has 0 radical (unpaired) electrons. The summed E-state index contributed by atoms with van der Waals surface area (Å²) in [5.41, 5.74) is 2.44. The molecule has 0 aromatic carbocycles. The number of H-pyrrole nitrogens is 1. The molecule has 2 rings (SSSR count). The van der Waals surface area contributed by atoms with E-state index in [2.05, 4.69) is 10.1 Å². The Morgan fingerprint density at radius 1 is 1.61 bits per heavy atom. The number of carboxylic acid groups (broad SMARTS) is 1. The SMILES string of the molecule is CCc1cc(-c2cn(C)nc2OC)[nH]c1C(=O)O. The first-order valence-corrected chi connectivity index (χ1v) is 5.60. The molecule has 0 saturated carbocycles. The maximum Gasteiger partial charge on any atom is 0.352 e. The van der Waals surface area contributed by atoms with Crippen molar-refractivity contribution < 1.29 is 14.6 Å². The number of rotatable bonds is 4. The predicted molar refractivity (Wildman–Crippen MR) is 65.9 cm³/mol. The van der Waals surface area contributed by atoms with E-state index in [0.717, 1.165) is 11.1 Å². The molecule has 0 unspecified atom stereocenters. The van der Waals surface area contributed by atoms with Crippen molar-refractivity contribution in [2.24, 2.45) is 7.05 Å². The number of ether oxygens (including phenoxy) is 1. The van der Waals surface area contributed by atoms with Gasteiger partial charge in [-0.2, -0.15) is 0 Å². The van der Waals surface area contributed by atoms with Gasteiger partial charge in [0.05, 0.1) is 18.4 Å². The Morgan fingerprint density at radius 2 is 2.33 bits per heavy atom. The zero-order valence-electron chi connectivity index (χ0n) is 10.5.